The largest absolute Gasteiger partial charge is 0.461 e. The Morgan fingerprint density at radius 1 is 1.73 bits per heavy atom. The van der Waals surface area contributed by atoms with Gasteiger partial charge in [-0.25, -0.2) is 13.6 Å². The molecule has 7 heteroatoms. The number of carbonyl (C=O) groups is 1. The van der Waals surface area contributed by atoms with Crippen LogP contribution in [-0.2, 0) is 11.3 Å². The zero-order chi connectivity index (χ0) is 11.4. The van der Waals surface area contributed by atoms with E-state index in [0.717, 1.165) is 4.68 Å². The highest BCUT2D eigenvalue weighted by molar-refractivity contribution is 14.1. The van der Waals surface area contributed by atoms with Gasteiger partial charge in [0.1, 0.15) is 6.54 Å². The number of ether oxygens (including phenoxy) is 1. The number of esters is 1. The summed E-state index contributed by atoms with van der Waals surface area (Å²) in [4.78, 5) is 11.3. The number of alkyl halides is 2. The van der Waals surface area contributed by atoms with Gasteiger partial charge in [-0.15, -0.1) is 0 Å². The number of hydrogen-bond acceptors (Lipinski definition) is 3. The van der Waals surface area contributed by atoms with E-state index in [1.165, 1.54) is 6.20 Å². The SMILES string of the molecule is CCOC(=O)c1nn(CC(F)F)cc1I. The number of hydrogen-bond donors (Lipinski definition) is 0. The van der Waals surface area contributed by atoms with Gasteiger partial charge in [0.05, 0.1) is 10.2 Å². The van der Waals surface area contributed by atoms with E-state index < -0.39 is 18.9 Å². The van der Waals surface area contributed by atoms with E-state index >= 15 is 0 Å². The third-order valence-corrected chi connectivity index (χ3v) is 2.30. The van der Waals surface area contributed by atoms with Crippen LogP contribution in [0.4, 0.5) is 8.78 Å². The van der Waals surface area contributed by atoms with Crippen LogP contribution in [0.25, 0.3) is 0 Å². The van der Waals surface area contributed by atoms with E-state index in [9.17, 15) is 13.6 Å². The second-order valence-corrected chi connectivity index (χ2v) is 3.82. The highest BCUT2D eigenvalue weighted by Crippen LogP contribution is 2.12. The Morgan fingerprint density at radius 3 is 2.93 bits per heavy atom. The molecule has 0 spiro atoms. The summed E-state index contributed by atoms with van der Waals surface area (Å²) in [5, 5.41) is 3.72. The fourth-order valence-corrected chi connectivity index (χ4v) is 1.62. The predicted octanol–water partition coefficient (Wildman–Crippen LogP) is 1.93. The van der Waals surface area contributed by atoms with Gasteiger partial charge in [-0.05, 0) is 29.5 Å². The van der Waals surface area contributed by atoms with Crippen molar-refractivity contribution in [3.05, 3.63) is 15.5 Å². The first-order valence-electron chi connectivity index (χ1n) is 4.22. The molecule has 0 radical (unpaired) electrons. The first kappa shape index (κ1) is 12.3. The summed E-state index contributed by atoms with van der Waals surface area (Å²) in [6.45, 7) is 1.38. The molecule has 4 nitrogen and oxygen atoms in total. The monoisotopic (exact) mass is 330 g/mol. The van der Waals surface area contributed by atoms with Crippen molar-refractivity contribution in [2.45, 2.75) is 19.9 Å². The van der Waals surface area contributed by atoms with Gasteiger partial charge in [0.15, 0.2) is 5.69 Å². The van der Waals surface area contributed by atoms with Crippen molar-refractivity contribution in [3.8, 4) is 0 Å². The molecule has 0 atom stereocenters. The van der Waals surface area contributed by atoms with Gasteiger partial charge in [-0.3, -0.25) is 4.68 Å². The first-order chi connectivity index (χ1) is 7.04. The minimum atomic E-state index is -2.49. The van der Waals surface area contributed by atoms with Crippen molar-refractivity contribution in [1.29, 1.82) is 0 Å². The molecule has 1 aromatic rings. The Hall–Kier alpha value is -0.730. The molecular weight excluding hydrogens is 321 g/mol. The molecule has 84 valence electrons. The number of halogens is 3. The lowest BCUT2D eigenvalue weighted by molar-refractivity contribution is 0.0515. The second kappa shape index (κ2) is 5.38. The molecule has 1 aromatic heterocycles. The van der Waals surface area contributed by atoms with Gasteiger partial charge >= 0.3 is 5.97 Å². The Balaban J connectivity index is 2.81. The van der Waals surface area contributed by atoms with Crippen molar-refractivity contribution < 1.29 is 18.3 Å². The van der Waals surface area contributed by atoms with E-state index in [1.807, 2.05) is 22.6 Å². The summed E-state index contributed by atoms with van der Waals surface area (Å²) in [6.07, 6.45) is -1.10. The van der Waals surface area contributed by atoms with E-state index in [4.69, 9.17) is 4.74 Å². The fraction of sp³-hybridized carbons (Fsp3) is 0.500. The summed E-state index contributed by atoms with van der Waals surface area (Å²) >= 11 is 1.85. The third-order valence-electron chi connectivity index (χ3n) is 1.51. The maximum atomic E-state index is 12.0. The highest BCUT2D eigenvalue weighted by atomic mass is 127. The number of aromatic nitrogens is 2. The summed E-state index contributed by atoms with van der Waals surface area (Å²) in [5.74, 6) is -0.588. The van der Waals surface area contributed by atoms with Crippen molar-refractivity contribution in [2.75, 3.05) is 6.61 Å². The van der Waals surface area contributed by atoms with Gasteiger partial charge in [-0.1, -0.05) is 0 Å². The molecule has 0 bridgehead atoms. The van der Waals surface area contributed by atoms with E-state index in [-0.39, 0.29) is 12.3 Å². The molecule has 0 aromatic carbocycles. The maximum Gasteiger partial charge on any atom is 0.359 e. The van der Waals surface area contributed by atoms with Crippen LogP contribution in [0.15, 0.2) is 6.20 Å². The summed E-state index contributed by atoms with van der Waals surface area (Å²) in [6, 6.07) is 0. The molecule has 0 unspecified atom stereocenters. The summed E-state index contributed by atoms with van der Waals surface area (Å²) in [5.41, 5.74) is 0.0816. The van der Waals surface area contributed by atoms with Crippen molar-refractivity contribution in [1.82, 2.24) is 9.78 Å². The summed E-state index contributed by atoms with van der Waals surface area (Å²) in [7, 11) is 0. The van der Waals surface area contributed by atoms with Crippen LogP contribution >= 0.6 is 22.6 Å². The fourth-order valence-electron chi connectivity index (χ4n) is 0.970. The van der Waals surface area contributed by atoms with Crippen LogP contribution in [0, 0.1) is 3.57 Å². The van der Waals surface area contributed by atoms with Gasteiger partial charge in [0.25, 0.3) is 6.43 Å². The molecule has 0 aliphatic rings. The molecule has 0 amide bonds. The predicted molar refractivity (Wildman–Crippen MR) is 56.9 cm³/mol. The molecule has 0 N–H and O–H groups in total. The third kappa shape index (κ3) is 3.40. The average molecular weight is 330 g/mol. The number of carbonyl (C=O) groups excluding carboxylic acids is 1. The molecule has 0 aliphatic carbocycles. The van der Waals surface area contributed by atoms with Gasteiger partial charge in [-0.2, -0.15) is 5.10 Å². The Bertz CT molecular complexity index is 354. The lowest BCUT2D eigenvalue weighted by Gasteiger charge is -1.99. The molecule has 0 saturated heterocycles. The number of rotatable bonds is 4. The van der Waals surface area contributed by atoms with Crippen LogP contribution in [0.5, 0.6) is 0 Å². The van der Waals surface area contributed by atoms with Crippen molar-refractivity contribution in [2.24, 2.45) is 0 Å². The van der Waals surface area contributed by atoms with Crippen LogP contribution in [0.2, 0.25) is 0 Å². The maximum absolute atomic E-state index is 12.0. The lowest BCUT2D eigenvalue weighted by Crippen LogP contribution is -2.10. The van der Waals surface area contributed by atoms with E-state index in [1.54, 1.807) is 6.92 Å². The van der Waals surface area contributed by atoms with Crippen molar-refractivity contribution in [3.63, 3.8) is 0 Å². The Kier molecular flexibility index (Phi) is 4.43. The minimum Gasteiger partial charge on any atom is -0.461 e. The van der Waals surface area contributed by atoms with Gasteiger partial charge in [0, 0.05) is 6.20 Å². The lowest BCUT2D eigenvalue weighted by atomic mass is 10.4. The average Bonchev–Trinajstić information content (AvgIpc) is 2.46. The van der Waals surface area contributed by atoms with Crippen molar-refractivity contribution >= 4 is 28.6 Å². The molecule has 1 heterocycles. The molecule has 15 heavy (non-hydrogen) atoms. The van der Waals surface area contributed by atoms with Crippen LogP contribution in [0.3, 0.4) is 0 Å². The van der Waals surface area contributed by atoms with E-state index in [0.29, 0.717) is 3.57 Å². The molecule has 1 rings (SSSR count). The summed E-state index contributed by atoms with van der Waals surface area (Å²) < 4.78 is 30.3. The normalized spacial score (nSPS) is 10.7. The highest BCUT2D eigenvalue weighted by Gasteiger charge is 2.17. The quantitative estimate of drug-likeness (QED) is 0.626. The zero-order valence-electron chi connectivity index (χ0n) is 7.91. The zero-order valence-corrected chi connectivity index (χ0v) is 10.1. The smallest absolute Gasteiger partial charge is 0.359 e. The Morgan fingerprint density at radius 2 is 2.40 bits per heavy atom. The molecule has 0 saturated carbocycles. The van der Waals surface area contributed by atoms with Gasteiger partial charge in [0.2, 0.25) is 0 Å². The first-order valence-corrected chi connectivity index (χ1v) is 5.30. The standard InChI is InChI=1S/C8H9F2IN2O2/c1-2-15-8(14)7-5(11)3-13(12-7)4-6(9)10/h3,6H,2,4H2,1H3. The van der Waals surface area contributed by atoms with Crippen LogP contribution in [0.1, 0.15) is 17.4 Å². The van der Waals surface area contributed by atoms with Gasteiger partial charge < -0.3 is 4.74 Å². The molecular formula is C8H9F2IN2O2. The minimum absolute atomic E-state index is 0.0816. The number of nitrogens with zero attached hydrogens (tertiary/aromatic N) is 2. The molecule has 0 fully saturated rings. The Labute approximate surface area is 98.7 Å². The van der Waals surface area contributed by atoms with Crippen LogP contribution in [-0.4, -0.2) is 28.8 Å². The van der Waals surface area contributed by atoms with E-state index in [2.05, 4.69) is 5.10 Å². The topological polar surface area (TPSA) is 44.1 Å². The second-order valence-electron chi connectivity index (χ2n) is 2.66. The molecule has 0 aliphatic heterocycles. The van der Waals surface area contributed by atoms with Crippen LogP contribution < -0.4 is 0 Å².